The molecule has 2 aliphatic rings. The van der Waals surface area contributed by atoms with Gasteiger partial charge in [0.1, 0.15) is 6.17 Å². The highest BCUT2D eigenvalue weighted by Crippen LogP contribution is 2.43. The number of benzene rings is 1. The van der Waals surface area contributed by atoms with Gasteiger partial charge < -0.3 is 4.90 Å². The first-order valence-corrected chi connectivity index (χ1v) is 9.57. The number of aromatic nitrogens is 2. The van der Waals surface area contributed by atoms with E-state index in [2.05, 4.69) is 53.2 Å². The maximum Gasteiger partial charge on any atom is 0.114 e. The number of halogens is 1. The van der Waals surface area contributed by atoms with Crippen molar-refractivity contribution in [3.8, 4) is 0 Å². The molecule has 4 heteroatoms. The van der Waals surface area contributed by atoms with Gasteiger partial charge in [-0.25, -0.2) is 4.39 Å². The Morgan fingerprint density at radius 1 is 1.31 bits per heavy atom. The number of alkyl halides is 1. The van der Waals surface area contributed by atoms with Gasteiger partial charge in [-0.2, -0.15) is 10.2 Å². The van der Waals surface area contributed by atoms with E-state index in [-0.39, 0.29) is 5.92 Å². The van der Waals surface area contributed by atoms with E-state index in [4.69, 9.17) is 0 Å². The number of rotatable bonds is 5. The second kappa shape index (κ2) is 7.28. The summed E-state index contributed by atoms with van der Waals surface area (Å²) in [6.07, 6.45) is 3.76. The summed E-state index contributed by atoms with van der Waals surface area (Å²) >= 11 is 0. The molecule has 0 amide bonds. The molecule has 0 saturated carbocycles. The molecule has 1 aromatic heterocycles. The number of nitrogens with zero attached hydrogens (tertiary/aromatic N) is 3. The van der Waals surface area contributed by atoms with Gasteiger partial charge >= 0.3 is 0 Å². The third-order valence-electron chi connectivity index (χ3n) is 5.75. The Balaban J connectivity index is 1.63. The fraction of sp³-hybridized carbons (Fsp3) is 0.455. The Morgan fingerprint density at radius 2 is 2.19 bits per heavy atom. The van der Waals surface area contributed by atoms with Crippen molar-refractivity contribution in [2.45, 2.75) is 45.2 Å². The van der Waals surface area contributed by atoms with Crippen molar-refractivity contribution in [2.24, 2.45) is 0 Å². The van der Waals surface area contributed by atoms with E-state index in [0.717, 1.165) is 31.6 Å². The Hall–Kier alpha value is -2.07. The van der Waals surface area contributed by atoms with Gasteiger partial charge in [0.15, 0.2) is 0 Å². The van der Waals surface area contributed by atoms with Crippen molar-refractivity contribution in [1.82, 2.24) is 15.1 Å². The van der Waals surface area contributed by atoms with E-state index in [1.165, 1.54) is 27.8 Å². The zero-order valence-electron chi connectivity index (χ0n) is 15.6. The maximum atomic E-state index is 13.5. The van der Waals surface area contributed by atoms with Gasteiger partial charge in [0.2, 0.25) is 0 Å². The highest BCUT2D eigenvalue weighted by molar-refractivity contribution is 5.80. The minimum Gasteiger partial charge on any atom is -0.300 e. The summed E-state index contributed by atoms with van der Waals surface area (Å²) in [4.78, 5) is 2.26. The molecule has 26 heavy (non-hydrogen) atoms. The van der Waals surface area contributed by atoms with Crippen LogP contribution in [0.5, 0.6) is 0 Å². The molecule has 0 N–H and O–H groups in total. The molecule has 1 aliphatic heterocycles. The van der Waals surface area contributed by atoms with E-state index in [9.17, 15) is 4.39 Å². The summed E-state index contributed by atoms with van der Waals surface area (Å²) < 4.78 is 13.5. The van der Waals surface area contributed by atoms with Gasteiger partial charge in [0.25, 0.3) is 0 Å². The topological polar surface area (TPSA) is 29.0 Å². The number of likely N-dealkylation sites (tertiary alicyclic amines) is 1. The van der Waals surface area contributed by atoms with Gasteiger partial charge in [0, 0.05) is 31.7 Å². The third kappa shape index (κ3) is 3.43. The van der Waals surface area contributed by atoms with Crippen molar-refractivity contribution < 1.29 is 4.39 Å². The molecule has 1 aromatic carbocycles. The number of aryl methyl sites for hydroxylation is 1. The molecule has 0 spiro atoms. The number of fused-ring (bicyclic) bond motifs is 1. The van der Waals surface area contributed by atoms with Crippen LogP contribution in [0.3, 0.4) is 0 Å². The normalized spacial score (nSPS) is 21.3. The quantitative estimate of drug-likeness (QED) is 0.803. The third-order valence-corrected chi connectivity index (χ3v) is 5.75. The molecule has 4 rings (SSSR count). The number of hydrogen-bond acceptors (Lipinski definition) is 3. The summed E-state index contributed by atoms with van der Waals surface area (Å²) in [7, 11) is 0. The maximum absolute atomic E-state index is 13.5. The molecule has 1 fully saturated rings. The van der Waals surface area contributed by atoms with Crippen LogP contribution in [0.1, 0.15) is 48.1 Å². The average molecular weight is 351 g/mol. The standard InChI is InChI=1S/C22H26FN3/c1-15-5-6-20-18(12-15)13-17(7-10-26-11-8-19(23)14-26)22(20)16(2)21-4-3-9-24-25-21/h3-6,9,12,16,19H,7-8,10-11,13-14H2,1-2H3. The van der Waals surface area contributed by atoms with Gasteiger partial charge in [-0.05, 0) is 55.0 Å². The van der Waals surface area contributed by atoms with Gasteiger partial charge in [-0.15, -0.1) is 0 Å². The molecule has 2 heterocycles. The van der Waals surface area contributed by atoms with Crippen LogP contribution in [-0.2, 0) is 6.42 Å². The predicted molar refractivity (Wildman–Crippen MR) is 103 cm³/mol. The monoisotopic (exact) mass is 351 g/mol. The molecule has 2 unspecified atom stereocenters. The highest BCUT2D eigenvalue weighted by Gasteiger charge is 2.28. The fourth-order valence-electron chi connectivity index (χ4n) is 4.38. The first-order valence-electron chi connectivity index (χ1n) is 9.57. The van der Waals surface area contributed by atoms with Crippen LogP contribution in [0.25, 0.3) is 5.57 Å². The second-order valence-electron chi connectivity index (χ2n) is 7.66. The fourth-order valence-corrected chi connectivity index (χ4v) is 4.38. The first-order chi connectivity index (χ1) is 12.6. The van der Waals surface area contributed by atoms with Crippen LogP contribution in [0, 0.1) is 6.92 Å². The van der Waals surface area contributed by atoms with Crippen molar-refractivity contribution in [3.05, 3.63) is 64.5 Å². The van der Waals surface area contributed by atoms with E-state index >= 15 is 0 Å². The average Bonchev–Trinajstić information content (AvgIpc) is 3.22. The van der Waals surface area contributed by atoms with E-state index in [1.807, 2.05) is 6.07 Å². The zero-order chi connectivity index (χ0) is 18.1. The second-order valence-corrected chi connectivity index (χ2v) is 7.66. The highest BCUT2D eigenvalue weighted by atomic mass is 19.1. The molecule has 2 aromatic rings. The molecule has 0 bridgehead atoms. The lowest BCUT2D eigenvalue weighted by atomic mass is 9.89. The molecule has 1 aliphatic carbocycles. The molecule has 0 radical (unpaired) electrons. The SMILES string of the molecule is Cc1ccc2c(c1)CC(CCN1CCC(F)C1)=C2C(C)c1cccnn1. The van der Waals surface area contributed by atoms with Crippen molar-refractivity contribution >= 4 is 5.57 Å². The summed E-state index contributed by atoms with van der Waals surface area (Å²) in [6.45, 7) is 6.79. The van der Waals surface area contributed by atoms with Crippen molar-refractivity contribution in [1.29, 1.82) is 0 Å². The van der Waals surface area contributed by atoms with Crippen LogP contribution in [0.4, 0.5) is 4.39 Å². The Labute approximate surface area is 154 Å². The van der Waals surface area contributed by atoms with E-state index in [0.29, 0.717) is 13.0 Å². The van der Waals surface area contributed by atoms with Crippen LogP contribution in [0.2, 0.25) is 0 Å². The van der Waals surface area contributed by atoms with Crippen LogP contribution in [0.15, 0.2) is 42.1 Å². The van der Waals surface area contributed by atoms with Crippen LogP contribution < -0.4 is 0 Å². The zero-order valence-corrected chi connectivity index (χ0v) is 15.6. The van der Waals surface area contributed by atoms with E-state index in [1.54, 1.807) is 6.20 Å². The lowest BCUT2D eigenvalue weighted by Gasteiger charge is -2.19. The Morgan fingerprint density at radius 3 is 2.92 bits per heavy atom. The molecule has 2 atom stereocenters. The molecule has 136 valence electrons. The summed E-state index contributed by atoms with van der Waals surface area (Å²) in [5.74, 6) is 0.218. The predicted octanol–water partition coefficient (Wildman–Crippen LogP) is 4.33. The largest absolute Gasteiger partial charge is 0.300 e. The molecule has 1 saturated heterocycles. The van der Waals surface area contributed by atoms with Gasteiger partial charge in [-0.1, -0.05) is 36.3 Å². The van der Waals surface area contributed by atoms with Crippen molar-refractivity contribution in [2.75, 3.05) is 19.6 Å². The molecular weight excluding hydrogens is 325 g/mol. The van der Waals surface area contributed by atoms with Gasteiger partial charge in [0.05, 0.1) is 5.69 Å². The lowest BCUT2D eigenvalue weighted by Crippen LogP contribution is -2.22. The van der Waals surface area contributed by atoms with Crippen molar-refractivity contribution in [3.63, 3.8) is 0 Å². The first kappa shape index (κ1) is 17.3. The van der Waals surface area contributed by atoms with E-state index < -0.39 is 6.17 Å². The smallest absolute Gasteiger partial charge is 0.114 e. The number of hydrogen-bond donors (Lipinski definition) is 0. The minimum atomic E-state index is -0.648. The molecule has 3 nitrogen and oxygen atoms in total. The summed E-state index contributed by atoms with van der Waals surface area (Å²) in [5, 5.41) is 8.42. The summed E-state index contributed by atoms with van der Waals surface area (Å²) in [6, 6.07) is 10.8. The lowest BCUT2D eigenvalue weighted by molar-refractivity contribution is 0.290. The Kier molecular flexibility index (Phi) is 4.86. The number of allylic oxidation sites excluding steroid dienone is 1. The van der Waals surface area contributed by atoms with Crippen LogP contribution in [-0.4, -0.2) is 40.9 Å². The summed E-state index contributed by atoms with van der Waals surface area (Å²) in [5.41, 5.74) is 7.96. The minimum absolute atomic E-state index is 0.218. The van der Waals surface area contributed by atoms with Gasteiger partial charge in [-0.3, -0.25) is 0 Å². The Bertz CT molecular complexity index is 815. The van der Waals surface area contributed by atoms with Crippen LogP contribution >= 0.6 is 0 Å². The molecular formula is C22H26FN3.